The van der Waals surface area contributed by atoms with E-state index in [1.54, 1.807) is 31.3 Å². The van der Waals surface area contributed by atoms with E-state index in [1.165, 1.54) is 23.5 Å². The molecule has 0 atom stereocenters. The highest BCUT2D eigenvalue weighted by molar-refractivity contribution is 7.89. The third kappa shape index (κ3) is 6.45. The fraction of sp³-hybridized carbons (Fsp3) is 0.393. The lowest BCUT2D eigenvalue weighted by atomic mass is 10.1. The maximum Gasteiger partial charge on any atom is 0.243 e. The second-order valence-corrected chi connectivity index (χ2v) is 11.2. The molecule has 1 aromatic heterocycles. The Balaban J connectivity index is 1.37. The van der Waals surface area contributed by atoms with Crippen LogP contribution in [0.5, 0.6) is 17.2 Å². The second kappa shape index (κ2) is 13.0. The number of hydrogen-bond acceptors (Lipinski definition) is 9. The quantitative estimate of drug-likeness (QED) is 0.344. The fourth-order valence-electron chi connectivity index (χ4n) is 4.51. The van der Waals surface area contributed by atoms with Gasteiger partial charge in [-0.2, -0.15) is 4.31 Å². The molecule has 4 rings (SSSR count). The van der Waals surface area contributed by atoms with Gasteiger partial charge in [0.05, 0.1) is 38.5 Å². The molecule has 2 heterocycles. The third-order valence-corrected chi connectivity index (χ3v) is 8.63. The van der Waals surface area contributed by atoms with Gasteiger partial charge in [-0.25, -0.2) is 8.42 Å². The maximum atomic E-state index is 13.3. The molecule has 0 radical (unpaired) electrons. The van der Waals surface area contributed by atoms with Gasteiger partial charge in [0.1, 0.15) is 5.75 Å². The van der Waals surface area contributed by atoms with Crippen LogP contribution in [-0.4, -0.2) is 94.3 Å². The fourth-order valence-corrected chi connectivity index (χ4v) is 5.99. The summed E-state index contributed by atoms with van der Waals surface area (Å²) in [6.07, 6.45) is 0.592. The van der Waals surface area contributed by atoms with Crippen LogP contribution in [-0.2, 0) is 14.8 Å². The van der Waals surface area contributed by atoms with Crippen LogP contribution in [0.1, 0.15) is 13.3 Å². The first-order chi connectivity index (χ1) is 19.3. The van der Waals surface area contributed by atoms with E-state index >= 15 is 0 Å². The van der Waals surface area contributed by atoms with Crippen molar-refractivity contribution in [2.75, 3.05) is 65.5 Å². The highest BCUT2D eigenvalue weighted by Crippen LogP contribution is 2.31. The Morgan fingerprint density at radius 3 is 2.15 bits per heavy atom. The summed E-state index contributed by atoms with van der Waals surface area (Å²) >= 11 is 0. The number of carbonyl (C=O) groups excluding carboxylic acids is 1. The minimum atomic E-state index is -3.82. The molecular formula is C28H35N5O6S. The number of nitrogens with zero attached hydrogens (tertiary/aromatic N) is 5. The highest BCUT2D eigenvalue weighted by atomic mass is 32.2. The molecule has 0 aliphatic carbocycles. The van der Waals surface area contributed by atoms with Gasteiger partial charge in [0.15, 0.2) is 17.3 Å². The molecule has 0 saturated carbocycles. The van der Waals surface area contributed by atoms with Crippen molar-refractivity contribution < 1.29 is 27.4 Å². The molecule has 0 N–H and O–H groups in total. The Morgan fingerprint density at radius 2 is 1.57 bits per heavy atom. The lowest BCUT2D eigenvalue weighted by Gasteiger charge is -2.36. The summed E-state index contributed by atoms with van der Waals surface area (Å²) in [5, 5.41) is 8.79. The van der Waals surface area contributed by atoms with Crippen molar-refractivity contribution >= 4 is 21.7 Å². The average Bonchev–Trinajstić information content (AvgIpc) is 3.00. The van der Waals surface area contributed by atoms with Crippen LogP contribution < -0.4 is 19.1 Å². The van der Waals surface area contributed by atoms with Crippen molar-refractivity contribution in [1.29, 1.82) is 0 Å². The van der Waals surface area contributed by atoms with Gasteiger partial charge >= 0.3 is 0 Å². The Labute approximate surface area is 235 Å². The van der Waals surface area contributed by atoms with E-state index in [1.807, 2.05) is 37.3 Å². The lowest BCUT2D eigenvalue weighted by Crippen LogP contribution is -2.52. The van der Waals surface area contributed by atoms with Gasteiger partial charge in [0, 0.05) is 38.3 Å². The van der Waals surface area contributed by atoms with Crippen LogP contribution >= 0.6 is 0 Å². The van der Waals surface area contributed by atoms with E-state index in [9.17, 15) is 13.2 Å². The molecule has 1 aliphatic heterocycles. The molecule has 0 spiro atoms. The first-order valence-corrected chi connectivity index (χ1v) is 14.5. The zero-order chi connectivity index (χ0) is 28.7. The van der Waals surface area contributed by atoms with Crippen LogP contribution in [0.3, 0.4) is 0 Å². The predicted molar refractivity (Wildman–Crippen MR) is 151 cm³/mol. The number of amides is 1. The van der Waals surface area contributed by atoms with Crippen molar-refractivity contribution in [3.05, 3.63) is 54.6 Å². The summed E-state index contributed by atoms with van der Waals surface area (Å²) in [6.45, 7) is 3.98. The molecule has 12 heteroatoms. The Morgan fingerprint density at radius 1 is 0.875 bits per heavy atom. The topological polar surface area (TPSA) is 114 Å². The van der Waals surface area contributed by atoms with E-state index < -0.39 is 10.0 Å². The molecular weight excluding hydrogens is 534 g/mol. The summed E-state index contributed by atoms with van der Waals surface area (Å²) in [4.78, 5) is 17.0. The zero-order valence-electron chi connectivity index (χ0n) is 23.2. The normalized spacial score (nSPS) is 13.8. The van der Waals surface area contributed by atoms with Crippen molar-refractivity contribution in [2.24, 2.45) is 0 Å². The van der Waals surface area contributed by atoms with Gasteiger partial charge in [0.25, 0.3) is 0 Å². The molecule has 2 aromatic carbocycles. The minimum absolute atomic E-state index is 0.134. The van der Waals surface area contributed by atoms with E-state index in [-0.39, 0.29) is 23.9 Å². The SMILES string of the molecule is CCCN(CC(=O)N1CCN(c2ccc(-c3ccc(OC)c(OC)c3)nn2)CC1)S(=O)(=O)c1ccc(OC)cc1. The van der Waals surface area contributed by atoms with Crippen LogP contribution in [0.15, 0.2) is 59.5 Å². The number of carbonyl (C=O) groups is 1. The molecule has 0 unspecified atom stereocenters. The molecule has 3 aromatic rings. The van der Waals surface area contributed by atoms with Crippen molar-refractivity contribution in [2.45, 2.75) is 18.2 Å². The van der Waals surface area contributed by atoms with E-state index in [0.717, 1.165) is 5.56 Å². The minimum Gasteiger partial charge on any atom is -0.497 e. The summed E-state index contributed by atoms with van der Waals surface area (Å²) < 4.78 is 43.6. The summed E-state index contributed by atoms with van der Waals surface area (Å²) in [5.74, 6) is 2.31. The van der Waals surface area contributed by atoms with Crippen molar-refractivity contribution in [1.82, 2.24) is 19.4 Å². The van der Waals surface area contributed by atoms with Crippen LogP contribution in [0.4, 0.5) is 5.82 Å². The molecule has 0 bridgehead atoms. The molecule has 1 fully saturated rings. The first kappa shape index (κ1) is 29.1. The van der Waals surface area contributed by atoms with Gasteiger partial charge in [-0.1, -0.05) is 6.92 Å². The summed E-state index contributed by atoms with van der Waals surface area (Å²) in [6, 6.07) is 15.6. The van der Waals surface area contributed by atoms with E-state index in [4.69, 9.17) is 14.2 Å². The number of anilines is 1. The van der Waals surface area contributed by atoms with Gasteiger partial charge in [-0.05, 0) is 61.0 Å². The number of rotatable bonds is 11. The summed E-state index contributed by atoms with van der Waals surface area (Å²) in [7, 11) is 0.870. The molecule has 1 amide bonds. The third-order valence-electron chi connectivity index (χ3n) is 6.77. The van der Waals surface area contributed by atoms with Gasteiger partial charge in [-0.15, -0.1) is 10.2 Å². The number of ether oxygens (including phenoxy) is 3. The van der Waals surface area contributed by atoms with Crippen LogP contribution in [0.2, 0.25) is 0 Å². The smallest absolute Gasteiger partial charge is 0.243 e. The van der Waals surface area contributed by atoms with Gasteiger partial charge in [-0.3, -0.25) is 4.79 Å². The standard InChI is InChI=1S/C28H35N5O6S/c1-5-14-33(40(35,36)23-9-7-22(37-2)8-10-23)20-28(34)32-17-15-31(16-18-32)27-13-11-24(29-30-27)21-6-12-25(38-3)26(19-21)39-4/h6-13,19H,5,14-18,20H2,1-4H3. The van der Waals surface area contributed by atoms with Gasteiger partial charge in [0.2, 0.25) is 15.9 Å². The Kier molecular flexibility index (Phi) is 9.43. The Hall–Kier alpha value is -3.90. The number of benzene rings is 2. The van der Waals surface area contributed by atoms with Crippen molar-refractivity contribution in [3.8, 4) is 28.5 Å². The number of hydrogen-bond donors (Lipinski definition) is 0. The molecule has 1 aliphatic rings. The summed E-state index contributed by atoms with van der Waals surface area (Å²) in [5.41, 5.74) is 1.56. The lowest BCUT2D eigenvalue weighted by molar-refractivity contribution is -0.131. The zero-order valence-corrected chi connectivity index (χ0v) is 24.1. The molecule has 11 nitrogen and oxygen atoms in total. The maximum absolute atomic E-state index is 13.3. The number of piperazine rings is 1. The van der Waals surface area contributed by atoms with E-state index in [2.05, 4.69) is 15.1 Å². The molecule has 214 valence electrons. The monoisotopic (exact) mass is 569 g/mol. The van der Waals surface area contributed by atoms with Crippen molar-refractivity contribution in [3.63, 3.8) is 0 Å². The highest BCUT2D eigenvalue weighted by Gasteiger charge is 2.29. The van der Waals surface area contributed by atoms with Crippen LogP contribution in [0, 0.1) is 0 Å². The number of sulfonamides is 1. The Bertz CT molecular complexity index is 1390. The predicted octanol–water partition coefficient (Wildman–Crippen LogP) is 2.92. The first-order valence-electron chi connectivity index (χ1n) is 13.0. The van der Waals surface area contributed by atoms with E-state index in [0.29, 0.717) is 61.4 Å². The van der Waals surface area contributed by atoms with Crippen LogP contribution in [0.25, 0.3) is 11.3 Å². The second-order valence-electron chi connectivity index (χ2n) is 9.23. The number of methoxy groups -OCH3 is 3. The number of aromatic nitrogens is 2. The van der Waals surface area contributed by atoms with Gasteiger partial charge < -0.3 is 24.0 Å². The largest absolute Gasteiger partial charge is 0.497 e. The molecule has 1 saturated heterocycles. The molecule has 40 heavy (non-hydrogen) atoms. The average molecular weight is 570 g/mol.